The number of hydrogen-bond acceptors (Lipinski definition) is 2. The van der Waals surface area contributed by atoms with E-state index in [2.05, 4.69) is 21.0 Å². The van der Waals surface area contributed by atoms with Crippen LogP contribution in [0.1, 0.15) is 37.3 Å². The molecule has 15 heavy (non-hydrogen) atoms. The van der Waals surface area contributed by atoms with E-state index in [9.17, 15) is 0 Å². The number of methoxy groups -OCH3 is 1. The van der Waals surface area contributed by atoms with E-state index in [4.69, 9.17) is 4.74 Å². The Labute approximate surface area is 98.9 Å². The first-order chi connectivity index (χ1) is 7.22. The Morgan fingerprint density at radius 3 is 3.00 bits per heavy atom. The molecule has 1 saturated carbocycles. The second-order valence-electron chi connectivity index (χ2n) is 4.18. The predicted octanol–water partition coefficient (Wildman–Crippen LogP) is 2.85. The summed E-state index contributed by atoms with van der Waals surface area (Å²) in [5.41, 5.74) is 1.25. The molecule has 4 heteroatoms. The van der Waals surface area contributed by atoms with Crippen molar-refractivity contribution in [2.24, 2.45) is 7.05 Å². The van der Waals surface area contributed by atoms with Gasteiger partial charge in [0.2, 0.25) is 0 Å². The maximum Gasteiger partial charge on any atom is 0.160 e. The highest BCUT2D eigenvalue weighted by molar-refractivity contribution is 9.09. The summed E-state index contributed by atoms with van der Waals surface area (Å²) < 4.78 is 7.31. The molecule has 84 valence electrons. The summed E-state index contributed by atoms with van der Waals surface area (Å²) in [4.78, 5) is 0.649. The lowest BCUT2D eigenvalue weighted by atomic mass is 9.86. The molecular formula is C11H17BrN2O. The fraction of sp³-hybridized carbons (Fsp3) is 0.727. The molecule has 3 nitrogen and oxygen atoms in total. The average molecular weight is 273 g/mol. The molecule has 0 aliphatic heterocycles. The smallest absolute Gasteiger partial charge is 0.160 e. The monoisotopic (exact) mass is 272 g/mol. The number of hydrogen-bond donors (Lipinski definition) is 0. The normalized spacial score (nSPS) is 26.6. The molecule has 2 unspecified atom stereocenters. The first kappa shape index (κ1) is 11.0. The zero-order valence-corrected chi connectivity index (χ0v) is 10.8. The van der Waals surface area contributed by atoms with Crippen LogP contribution in [0.5, 0.6) is 5.75 Å². The topological polar surface area (TPSA) is 27.1 Å². The number of rotatable bonds is 2. The third kappa shape index (κ3) is 2.19. The number of ether oxygens (including phenoxy) is 1. The van der Waals surface area contributed by atoms with Crippen LogP contribution < -0.4 is 4.74 Å². The maximum atomic E-state index is 5.36. The van der Waals surface area contributed by atoms with Crippen LogP contribution in [0.15, 0.2) is 6.20 Å². The van der Waals surface area contributed by atoms with E-state index in [1.165, 1.54) is 31.4 Å². The number of aryl methyl sites for hydroxylation is 1. The van der Waals surface area contributed by atoms with E-state index in [-0.39, 0.29) is 0 Å². The molecule has 0 N–H and O–H groups in total. The van der Waals surface area contributed by atoms with Gasteiger partial charge in [0.1, 0.15) is 0 Å². The van der Waals surface area contributed by atoms with Gasteiger partial charge in [0.25, 0.3) is 0 Å². The molecule has 1 aromatic heterocycles. The van der Waals surface area contributed by atoms with Gasteiger partial charge in [-0.15, -0.1) is 0 Å². The molecule has 2 atom stereocenters. The highest BCUT2D eigenvalue weighted by Crippen LogP contribution is 2.39. The van der Waals surface area contributed by atoms with E-state index in [1.54, 1.807) is 7.11 Å². The summed E-state index contributed by atoms with van der Waals surface area (Å²) in [5.74, 6) is 1.52. The first-order valence-electron chi connectivity index (χ1n) is 5.42. The molecule has 1 aliphatic rings. The Balaban J connectivity index is 2.23. The fourth-order valence-electron chi connectivity index (χ4n) is 2.43. The van der Waals surface area contributed by atoms with Gasteiger partial charge < -0.3 is 4.74 Å². The van der Waals surface area contributed by atoms with E-state index >= 15 is 0 Å². The molecule has 0 spiro atoms. The van der Waals surface area contributed by atoms with E-state index in [1.807, 2.05) is 17.9 Å². The average Bonchev–Trinajstić information content (AvgIpc) is 2.59. The Morgan fingerprint density at radius 2 is 2.33 bits per heavy atom. The van der Waals surface area contributed by atoms with Crippen LogP contribution in [-0.4, -0.2) is 21.7 Å². The number of aromatic nitrogens is 2. The highest BCUT2D eigenvalue weighted by Gasteiger charge is 2.26. The number of halogens is 1. The van der Waals surface area contributed by atoms with Crippen LogP contribution in [0, 0.1) is 0 Å². The van der Waals surface area contributed by atoms with Gasteiger partial charge in [-0.1, -0.05) is 22.4 Å². The molecule has 2 rings (SSSR count). The van der Waals surface area contributed by atoms with E-state index < -0.39 is 0 Å². The van der Waals surface area contributed by atoms with Crippen molar-refractivity contribution < 1.29 is 4.74 Å². The van der Waals surface area contributed by atoms with Crippen molar-refractivity contribution in [2.75, 3.05) is 7.11 Å². The molecule has 0 amide bonds. The van der Waals surface area contributed by atoms with Crippen molar-refractivity contribution in [3.63, 3.8) is 0 Å². The van der Waals surface area contributed by atoms with Crippen LogP contribution in [0.2, 0.25) is 0 Å². The minimum Gasteiger partial charge on any atom is -0.493 e. The van der Waals surface area contributed by atoms with Gasteiger partial charge in [-0.3, -0.25) is 4.68 Å². The van der Waals surface area contributed by atoms with Gasteiger partial charge in [-0.05, 0) is 19.3 Å². The van der Waals surface area contributed by atoms with Crippen LogP contribution in [0.25, 0.3) is 0 Å². The Kier molecular flexibility index (Phi) is 3.34. The lowest BCUT2D eigenvalue weighted by molar-refractivity contribution is 0.382. The summed E-state index contributed by atoms with van der Waals surface area (Å²) in [7, 11) is 3.71. The molecule has 0 radical (unpaired) electrons. The van der Waals surface area contributed by atoms with Gasteiger partial charge in [-0.25, -0.2) is 0 Å². The van der Waals surface area contributed by atoms with Crippen molar-refractivity contribution in [2.45, 2.75) is 36.4 Å². The van der Waals surface area contributed by atoms with Crippen LogP contribution in [0.4, 0.5) is 0 Å². The van der Waals surface area contributed by atoms with Crippen LogP contribution in [0.3, 0.4) is 0 Å². The Hall–Kier alpha value is -0.510. The molecule has 0 saturated heterocycles. The molecule has 1 fully saturated rings. The SMILES string of the molecule is COc1cnn(C)c1C1CCCC(Br)C1. The second kappa shape index (κ2) is 4.56. The minimum atomic E-state index is 0.588. The first-order valence-corrected chi connectivity index (χ1v) is 6.34. The third-order valence-electron chi connectivity index (χ3n) is 3.17. The molecular weight excluding hydrogens is 256 g/mol. The summed E-state index contributed by atoms with van der Waals surface area (Å²) in [6, 6.07) is 0. The molecule has 1 aromatic rings. The molecule has 0 bridgehead atoms. The Morgan fingerprint density at radius 1 is 1.53 bits per heavy atom. The van der Waals surface area contributed by atoms with E-state index in [0.717, 1.165) is 5.75 Å². The van der Waals surface area contributed by atoms with Gasteiger partial charge in [0, 0.05) is 17.8 Å². The quantitative estimate of drug-likeness (QED) is 0.775. The third-order valence-corrected chi connectivity index (χ3v) is 4.00. The lowest BCUT2D eigenvalue weighted by Crippen LogP contribution is -2.16. The van der Waals surface area contributed by atoms with Crippen molar-refractivity contribution in [3.05, 3.63) is 11.9 Å². The van der Waals surface area contributed by atoms with Crippen molar-refractivity contribution in [3.8, 4) is 5.75 Å². The molecule has 1 aliphatic carbocycles. The zero-order valence-electron chi connectivity index (χ0n) is 9.24. The van der Waals surface area contributed by atoms with Crippen molar-refractivity contribution in [1.29, 1.82) is 0 Å². The zero-order chi connectivity index (χ0) is 10.8. The maximum absolute atomic E-state index is 5.36. The van der Waals surface area contributed by atoms with Gasteiger partial charge >= 0.3 is 0 Å². The number of nitrogens with zero attached hydrogens (tertiary/aromatic N) is 2. The summed E-state index contributed by atoms with van der Waals surface area (Å²) in [5, 5.41) is 4.26. The molecule has 1 heterocycles. The van der Waals surface area contributed by atoms with E-state index in [0.29, 0.717) is 10.7 Å². The number of alkyl halides is 1. The van der Waals surface area contributed by atoms with Gasteiger partial charge in [0.05, 0.1) is 19.0 Å². The van der Waals surface area contributed by atoms with Crippen molar-refractivity contribution in [1.82, 2.24) is 9.78 Å². The Bertz CT molecular complexity index is 337. The van der Waals surface area contributed by atoms with Gasteiger partial charge in [0.15, 0.2) is 5.75 Å². The van der Waals surface area contributed by atoms with Crippen LogP contribution >= 0.6 is 15.9 Å². The second-order valence-corrected chi connectivity index (χ2v) is 5.48. The van der Waals surface area contributed by atoms with Gasteiger partial charge in [-0.2, -0.15) is 5.10 Å². The summed E-state index contributed by atoms with van der Waals surface area (Å²) >= 11 is 3.71. The lowest BCUT2D eigenvalue weighted by Gasteiger charge is -2.26. The van der Waals surface area contributed by atoms with Crippen molar-refractivity contribution >= 4 is 15.9 Å². The standard InChI is InChI=1S/C11H17BrN2O/c1-14-11(10(15-2)7-13-14)8-4-3-5-9(12)6-8/h7-9H,3-6H2,1-2H3. The predicted molar refractivity (Wildman–Crippen MR) is 63.7 cm³/mol. The minimum absolute atomic E-state index is 0.588. The fourth-order valence-corrected chi connectivity index (χ4v) is 3.20. The highest BCUT2D eigenvalue weighted by atomic mass is 79.9. The summed E-state index contributed by atoms with van der Waals surface area (Å²) in [6.07, 6.45) is 6.83. The molecule has 0 aromatic carbocycles. The van der Waals surface area contributed by atoms with Crippen LogP contribution in [-0.2, 0) is 7.05 Å². The summed E-state index contributed by atoms with van der Waals surface area (Å²) in [6.45, 7) is 0. The largest absolute Gasteiger partial charge is 0.493 e.